The van der Waals surface area contributed by atoms with Crippen LogP contribution in [0.15, 0.2) is 28.7 Å². The lowest BCUT2D eigenvalue weighted by Crippen LogP contribution is -2.46. The average molecular weight is 297 g/mol. The summed E-state index contributed by atoms with van der Waals surface area (Å²) in [6.45, 7) is 1.96. The van der Waals surface area contributed by atoms with E-state index in [1.54, 1.807) is 0 Å². The molecule has 1 amide bonds. The first-order chi connectivity index (χ1) is 8.20. The van der Waals surface area contributed by atoms with E-state index >= 15 is 0 Å². The lowest BCUT2D eigenvalue weighted by molar-refractivity contribution is 0.0707. The van der Waals surface area contributed by atoms with Gasteiger partial charge in [0.25, 0.3) is 5.91 Å². The minimum atomic E-state index is 0.0891. The van der Waals surface area contributed by atoms with Crippen molar-refractivity contribution in [2.75, 3.05) is 20.1 Å². The van der Waals surface area contributed by atoms with Crippen molar-refractivity contribution in [3.05, 3.63) is 34.3 Å². The first kappa shape index (κ1) is 12.6. The number of carbonyl (C=O) groups excluding carboxylic acids is 1. The SMILES string of the molecule is CN(C(=O)c1ccccc1Br)C1CCCNC1. The van der Waals surface area contributed by atoms with Gasteiger partial charge in [0.05, 0.1) is 5.56 Å². The van der Waals surface area contributed by atoms with Crippen molar-refractivity contribution >= 4 is 21.8 Å². The van der Waals surface area contributed by atoms with E-state index in [2.05, 4.69) is 21.2 Å². The zero-order valence-corrected chi connectivity index (χ0v) is 11.5. The number of benzene rings is 1. The zero-order chi connectivity index (χ0) is 12.3. The van der Waals surface area contributed by atoms with Crippen LogP contribution in [-0.2, 0) is 0 Å². The minimum Gasteiger partial charge on any atom is -0.337 e. The molecule has 1 aromatic carbocycles. The van der Waals surface area contributed by atoms with Gasteiger partial charge in [-0.05, 0) is 47.4 Å². The molecular weight excluding hydrogens is 280 g/mol. The third-order valence-electron chi connectivity index (χ3n) is 3.24. The van der Waals surface area contributed by atoms with Crippen LogP contribution >= 0.6 is 15.9 Å². The van der Waals surface area contributed by atoms with E-state index in [4.69, 9.17) is 0 Å². The number of nitrogens with zero attached hydrogens (tertiary/aromatic N) is 1. The van der Waals surface area contributed by atoms with E-state index in [1.807, 2.05) is 36.2 Å². The molecule has 1 atom stereocenters. The summed E-state index contributed by atoms with van der Waals surface area (Å²) in [7, 11) is 1.89. The number of halogens is 1. The van der Waals surface area contributed by atoms with Gasteiger partial charge in [-0.2, -0.15) is 0 Å². The maximum atomic E-state index is 12.3. The van der Waals surface area contributed by atoms with Gasteiger partial charge in [-0.3, -0.25) is 4.79 Å². The van der Waals surface area contributed by atoms with Gasteiger partial charge >= 0.3 is 0 Å². The first-order valence-electron chi connectivity index (χ1n) is 5.92. The van der Waals surface area contributed by atoms with Gasteiger partial charge in [0, 0.05) is 24.1 Å². The maximum absolute atomic E-state index is 12.3. The number of rotatable bonds is 2. The van der Waals surface area contributed by atoms with Crippen molar-refractivity contribution in [3.63, 3.8) is 0 Å². The van der Waals surface area contributed by atoms with Gasteiger partial charge in [0.1, 0.15) is 0 Å². The lowest BCUT2D eigenvalue weighted by Gasteiger charge is -2.32. The molecule has 1 fully saturated rings. The van der Waals surface area contributed by atoms with Crippen LogP contribution in [0.25, 0.3) is 0 Å². The van der Waals surface area contributed by atoms with E-state index in [0.29, 0.717) is 6.04 Å². The molecule has 3 nitrogen and oxygen atoms in total. The Balaban J connectivity index is 2.11. The molecule has 4 heteroatoms. The third kappa shape index (κ3) is 2.87. The quantitative estimate of drug-likeness (QED) is 0.908. The second kappa shape index (κ2) is 5.65. The topological polar surface area (TPSA) is 32.3 Å². The molecule has 1 saturated heterocycles. The Bertz CT molecular complexity index is 402. The highest BCUT2D eigenvalue weighted by molar-refractivity contribution is 9.10. The highest BCUT2D eigenvalue weighted by atomic mass is 79.9. The molecule has 1 aromatic rings. The Kier molecular flexibility index (Phi) is 4.18. The van der Waals surface area contributed by atoms with Crippen LogP contribution in [0.5, 0.6) is 0 Å². The predicted molar refractivity (Wildman–Crippen MR) is 72.1 cm³/mol. The van der Waals surface area contributed by atoms with Crippen LogP contribution in [0.1, 0.15) is 23.2 Å². The summed E-state index contributed by atoms with van der Waals surface area (Å²) in [5.41, 5.74) is 0.737. The molecule has 0 saturated carbocycles. The summed E-state index contributed by atoms with van der Waals surface area (Å²) in [5, 5.41) is 3.33. The van der Waals surface area contributed by atoms with Crippen LogP contribution in [0, 0.1) is 0 Å². The van der Waals surface area contributed by atoms with Crippen LogP contribution in [0.2, 0.25) is 0 Å². The minimum absolute atomic E-state index is 0.0891. The van der Waals surface area contributed by atoms with Gasteiger partial charge in [-0.25, -0.2) is 0 Å². The Hall–Kier alpha value is -0.870. The van der Waals surface area contributed by atoms with E-state index < -0.39 is 0 Å². The fourth-order valence-corrected chi connectivity index (χ4v) is 2.61. The summed E-state index contributed by atoms with van der Waals surface area (Å²) >= 11 is 3.43. The molecule has 1 heterocycles. The average Bonchev–Trinajstić information content (AvgIpc) is 2.39. The number of piperidine rings is 1. The molecule has 92 valence electrons. The van der Waals surface area contributed by atoms with E-state index in [-0.39, 0.29) is 5.91 Å². The molecule has 0 aliphatic carbocycles. The maximum Gasteiger partial charge on any atom is 0.255 e. The van der Waals surface area contributed by atoms with Gasteiger partial charge in [-0.15, -0.1) is 0 Å². The van der Waals surface area contributed by atoms with Crippen molar-refractivity contribution in [2.45, 2.75) is 18.9 Å². The van der Waals surface area contributed by atoms with Crippen LogP contribution < -0.4 is 5.32 Å². The number of hydrogen-bond donors (Lipinski definition) is 1. The Morgan fingerprint density at radius 1 is 1.47 bits per heavy atom. The summed E-state index contributed by atoms with van der Waals surface area (Å²) < 4.78 is 0.862. The Morgan fingerprint density at radius 3 is 2.88 bits per heavy atom. The van der Waals surface area contributed by atoms with Gasteiger partial charge in [0.2, 0.25) is 0 Å². The smallest absolute Gasteiger partial charge is 0.255 e. The van der Waals surface area contributed by atoms with Gasteiger partial charge < -0.3 is 10.2 Å². The molecule has 1 aliphatic heterocycles. The van der Waals surface area contributed by atoms with Gasteiger partial charge in [0.15, 0.2) is 0 Å². The van der Waals surface area contributed by atoms with Crippen LogP contribution in [0.4, 0.5) is 0 Å². The zero-order valence-electron chi connectivity index (χ0n) is 9.95. The highest BCUT2D eigenvalue weighted by Crippen LogP contribution is 2.19. The molecule has 1 N–H and O–H groups in total. The van der Waals surface area contributed by atoms with Crippen molar-refractivity contribution in [2.24, 2.45) is 0 Å². The van der Waals surface area contributed by atoms with Crippen molar-refractivity contribution < 1.29 is 4.79 Å². The summed E-state index contributed by atoms with van der Waals surface area (Å²) in [6.07, 6.45) is 2.22. The van der Waals surface area contributed by atoms with Gasteiger partial charge in [-0.1, -0.05) is 12.1 Å². The normalized spacial score (nSPS) is 20.0. The molecular formula is C13H17BrN2O. The fraction of sp³-hybridized carbons (Fsp3) is 0.462. The first-order valence-corrected chi connectivity index (χ1v) is 6.72. The number of hydrogen-bond acceptors (Lipinski definition) is 2. The number of nitrogens with one attached hydrogen (secondary N) is 1. The summed E-state index contributed by atoms with van der Waals surface area (Å²) in [5.74, 6) is 0.0891. The molecule has 0 bridgehead atoms. The molecule has 0 aromatic heterocycles. The second-order valence-corrected chi connectivity index (χ2v) is 5.25. The summed E-state index contributed by atoms with van der Waals surface area (Å²) in [6, 6.07) is 7.89. The van der Waals surface area contributed by atoms with Crippen LogP contribution in [-0.4, -0.2) is 37.0 Å². The van der Waals surface area contributed by atoms with E-state index in [1.165, 1.54) is 0 Å². The lowest BCUT2D eigenvalue weighted by atomic mass is 10.1. The van der Waals surface area contributed by atoms with E-state index in [9.17, 15) is 4.79 Å². The second-order valence-electron chi connectivity index (χ2n) is 4.40. The monoisotopic (exact) mass is 296 g/mol. The molecule has 0 spiro atoms. The molecule has 0 radical (unpaired) electrons. The number of carbonyl (C=O) groups is 1. The largest absolute Gasteiger partial charge is 0.337 e. The standard InChI is InChI=1S/C13H17BrN2O/c1-16(10-5-4-8-15-9-10)13(17)11-6-2-3-7-12(11)14/h2-3,6-7,10,15H,4-5,8-9H2,1H3. The molecule has 2 rings (SSSR count). The number of likely N-dealkylation sites (N-methyl/N-ethyl adjacent to an activating group) is 1. The third-order valence-corrected chi connectivity index (χ3v) is 3.93. The Morgan fingerprint density at radius 2 is 2.24 bits per heavy atom. The Labute approximate surface area is 110 Å². The summed E-state index contributed by atoms with van der Waals surface area (Å²) in [4.78, 5) is 14.2. The predicted octanol–water partition coefficient (Wildman–Crippen LogP) is 2.27. The van der Waals surface area contributed by atoms with Crippen LogP contribution in [0.3, 0.4) is 0 Å². The molecule has 1 unspecified atom stereocenters. The van der Waals surface area contributed by atoms with E-state index in [0.717, 1.165) is 36.0 Å². The molecule has 17 heavy (non-hydrogen) atoms. The van der Waals surface area contributed by atoms with Crippen molar-refractivity contribution in [1.29, 1.82) is 0 Å². The fourth-order valence-electron chi connectivity index (χ4n) is 2.15. The van der Waals surface area contributed by atoms with Crippen molar-refractivity contribution in [3.8, 4) is 0 Å². The molecule has 1 aliphatic rings. The number of amides is 1. The van der Waals surface area contributed by atoms with Crippen molar-refractivity contribution in [1.82, 2.24) is 10.2 Å². The highest BCUT2D eigenvalue weighted by Gasteiger charge is 2.23.